The second-order valence-corrected chi connectivity index (χ2v) is 7.76. The Morgan fingerprint density at radius 3 is 1.82 bits per heavy atom. The van der Waals surface area contributed by atoms with Crippen molar-refractivity contribution in [2.45, 2.75) is 13.3 Å². The molecule has 0 unspecified atom stereocenters. The van der Waals surface area contributed by atoms with Gasteiger partial charge in [-0.15, -0.1) is 0 Å². The van der Waals surface area contributed by atoms with Gasteiger partial charge in [0.1, 0.15) is 36.5 Å². The minimum atomic E-state index is -2.70. The molecule has 0 aliphatic rings. The number of carbonyl (C=O) groups is 2. The first-order chi connectivity index (χ1) is 18.3. The molecule has 6 nitrogen and oxygen atoms in total. The molecule has 38 heavy (non-hydrogen) atoms. The Morgan fingerprint density at radius 2 is 1.29 bits per heavy atom. The maximum absolute atomic E-state index is 14.0. The van der Waals surface area contributed by atoms with Crippen molar-refractivity contribution in [1.82, 2.24) is 0 Å². The van der Waals surface area contributed by atoms with Gasteiger partial charge >= 0.3 is 11.9 Å². The molecule has 0 spiro atoms. The zero-order valence-corrected chi connectivity index (χ0v) is 20.4. The average molecular weight is 519 g/mol. The maximum atomic E-state index is 14.0. The third-order valence-electron chi connectivity index (χ3n) is 5.03. The van der Waals surface area contributed by atoms with Crippen LogP contribution in [0.25, 0.3) is 22.3 Å². The zero-order valence-electron chi connectivity index (χ0n) is 20.4. The van der Waals surface area contributed by atoms with E-state index in [9.17, 15) is 18.4 Å². The quantitative estimate of drug-likeness (QED) is 0.149. The lowest BCUT2D eigenvalue weighted by Gasteiger charge is -2.13. The first kappa shape index (κ1) is 27.6. The van der Waals surface area contributed by atoms with Crippen molar-refractivity contribution in [1.29, 1.82) is 0 Å². The lowest BCUT2D eigenvalue weighted by molar-refractivity contribution is -0.134. The van der Waals surface area contributed by atoms with Crippen molar-refractivity contribution in [2.75, 3.05) is 0 Å². The predicted octanol–water partition coefficient (Wildman–Crippen LogP) is 7.51. The Balaban J connectivity index is 1.71. The molecule has 0 N–H and O–H groups in total. The minimum absolute atomic E-state index is 0.116. The second kappa shape index (κ2) is 13.4. The Kier molecular flexibility index (Phi) is 9.71. The number of hydrogen-bond donors (Lipinski definition) is 0. The van der Waals surface area contributed by atoms with Crippen LogP contribution in [-0.2, 0) is 19.1 Å². The van der Waals surface area contributed by atoms with Crippen molar-refractivity contribution >= 4 is 11.9 Å². The van der Waals surface area contributed by atoms with Gasteiger partial charge in [0.15, 0.2) is 0 Å². The minimum Gasteiger partial charge on any atom is -0.462 e. The highest BCUT2D eigenvalue weighted by molar-refractivity contribution is 5.87. The van der Waals surface area contributed by atoms with E-state index >= 15 is 0 Å². The number of ether oxygens (including phenoxy) is 4. The standard InChI is InChI=1S/C30H24F2O6/c1-4-28(33)37-17-15-35-24-10-5-21(6-11-24)23-9-14-26(27(19-23)29(31)32)22-7-12-25(13-8-22)36-16-18-38-30(34)20(2)3/h4-19,29H,1-2H2,3H3. The first-order valence-corrected chi connectivity index (χ1v) is 11.2. The summed E-state index contributed by atoms with van der Waals surface area (Å²) in [7, 11) is 0. The lowest BCUT2D eigenvalue weighted by Crippen LogP contribution is -1.99. The number of esters is 2. The number of halogens is 2. The van der Waals surface area contributed by atoms with Crippen molar-refractivity contribution in [3.63, 3.8) is 0 Å². The fourth-order valence-corrected chi connectivity index (χ4v) is 3.17. The smallest absolute Gasteiger partial charge is 0.338 e. The average Bonchev–Trinajstić information content (AvgIpc) is 2.93. The molecule has 3 aromatic rings. The molecule has 3 aromatic carbocycles. The monoisotopic (exact) mass is 518 g/mol. The van der Waals surface area contributed by atoms with Crippen LogP contribution >= 0.6 is 0 Å². The van der Waals surface area contributed by atoms with Crippen LogP contribution in [0.2, 0.25) is 0 Å². The molecule has 0 saturated carbocycles. The van der Waals surface area contributed by atoms with Gasteiger partial charge in [-0.2, -0.15) is 0 Å². The van der Waals surface area contributed by atoms with Crippen LogP contribution in [0.4, 0.5) is 8.78 Å². The Labute approximate surface area is 218 Å². The van der Waals surface area contributed by atoms with E-state index < -0.39 is 18.4 Å². The summed E-state index contributed by atoms with van der Waals surface area (Å²) in [5, 5.41) is 0. The Morgan fingerprint density at radius 1 is 0.763 bits per heavy atom. The van der Waals surface area contributed by atoms with Gasteiger partial charge in [0.05, 0.1) is 0 Å². The Bertz CT molecular complexity index is 1360. The summed E-state index contributed by atoms with van der Waals surface area (Å²) in [5.41, 5.74) is 2.44. The van der Waals surface area contributed by atoms with Gasteiger partial charge in [0.2, 0.25) is 0 Å². The number of hydrogen-bond acceptors (Lipinski definition) is 6. The number of benzene rings is 3. The molecule has 0 bridgehead atoms. The van der Waals surface area contributed by atoms with Crippen LogP contribution in [0.15, 0.2) is 117 Å². The van der Waals surface area contributed by atoms with Gasteiger partial charge in [0, 0.05) is 17.2 Å². The molecule has 0 aliphatic heterocycles. The predicted molar refractivity (Wildman–Crippen MR) is 139 cm³/mol. The summed E-state index contributed by atoms with van der Waals surface area (Å²) in [6.45, 7) is 8.28. The highest BCUT2D eigenvalue weighted by atomic mass is 19.3. The summed E-state index contributed by atoms with van der Waals surface area (Å²) in [5.74, 6) is -0.286. The molecule has 0 radical (unpaired) electrons. The second-order valence-electron chi connectivity index (χ2n) is 7.76. The summed E-state index contributed by atoms with van der Waals surface area (Å²) in [6.07, 6.45) is 2.90. The molecule has 0 heterocycles. The van der Waals surface area contributed by atoms with E-state index in [0.29, 0.717) is 28.2 Å². The van der Waals surface area contributed by atoms with Gasteiger partial charge in [0.25, 0.3) is 6.43 Å². The van der Waals surface area contributed by atoms with Crippen molar-refractivity contribution < 1.29 is 37.3 Å². The van der Waals surface area contributed by atoms with Crippen LogP contribution in [0.5, 0.6) is 11.5 Å². The van der Waals surface area contributed by atoms with E-state index in [1.165, 1.54) is 25.5 Å². The van der Waals surface area contributed by atoms with Crippen LogP contribution in [0.1, 0.15) is 18.9 Å². The molecule has 0 aromatic heterocycles. The number of alkyl halides is 2. The van der Waals surface area contributed by atoms with Crippen LogP contribution in [0.3, 0.4) is 0 Å². The largest absolute Gasteiger partial charge is 0.462 e. The highest BCUT2D eigenvalue weighted by Gasteiger charge is 2.16. The molecule has 0 fully saturated rings. The van der Waals surface area contributed by atoms with E-state index in [2.05, 4.69) is 17.9 Å². The van der Waals surface area contributed by atoms with Gasteiger partial charge in [-0.1, -0.05) is 49.6 Å². The van der Waals surface area contributed by atoms with Crippen LogP contribution in [-0.4, -0.2) is 11.9 Å². The fourth-order valence-electron chi connectivity index (χ4n) is 3.17. The van der Waals surface area contributed by atoms with Gasteiger partial charge in [-0.05, 0) is 59.5 Å². The van der Waals surface area contributed by atoms with Gasteiger partial charge in [-0.25, -0.2) is 18.4 Å². The van der Waals surface area contributed by atoms with E-state index in [-0.39, 0.29) is 11.1 Å². The number of rotatable bonds is 11. The molecule has 8 heteroatoms. The van der Waals surface area contributed by atoms with E-state index in [1.54, 1.807) is 60.7 Å². The van der Waals surface area contributed by atoms with Crippen LogP contribution < -0.4 is 9.47 Å². The molecular weight excluding hydrogens is 494 g/mol. The molecular formula is C30H24F2O6. The zero-order chi connectivity index (χ0) is 27.5. The summed E-state index contributed by atoms with van der Waals surface area (Å²) in [4.78, 5) is 22.3. The third-order valence-corrected chi connectivity index (χ3v) is 5.03. The molecule has 0 saturated heterocycles. The normalized spacial score (nSPS) is 10.9. The van der Waals surface area contributed by atoms with E-state index in [0.717, 1.165) is 24.2 Å². The molecule has 3 rings (SSSR count). The van der Waals surface area contributed by atoms with Crippen molar-refractivity contribution in [3.05, 3.63) is 122 Å². The van der Waals surface area contributed by atoms with E-state index in [4.69, 9.17) is 14.2 Å². The fraction of sp³-hybridized carbons (Fsp3) is 0.0667. The van der Waals surface area contributed by atoms with Crippen LogP contribution in [0, 0.1) is 0 Å². The summed E-state index contributed by atoms with van der Waals surface area (Å²) in [6, 6.07) is 18.2. The van der Waals surface area contributed by atoms with Gasteiger partial charge < -0.3 is 18.9 Å². The van der Waals surface area contributed by atoms with Gasteiger partial charge in [-0.3, -0.25) is 0 Å². The van der Waals surface area contributed by atoms with Crippen molar-refractivity contribution in [3.8, 4) is 33.8 Å². The lowest BCUT2D eigenvalue weighted by atomic mass is 9.95. The molecule has 0 amide bonds. The topological polar surface area (TPSA) is 71.1 Å². The SMILES string of the molecule is C=CC(=O)OC=COc1ccc(-c2ccc(-c3ccc(OC=COC(=O)C(=C)C)cc3)c(C(F)F)c2)cc1. The Hall–Kier alpha value is -4.98. The summed E-state index contributed by atoms with van der Waals surface area (Å²) >= 11 is 0. The third kappa shape index (κ3) is 7.76. The maximum Gasteiger partial charge on any atom is 0.338 e. The number of carbonyl (C=O) groups excluding carboxylic acids is 2. The molecule has 194 valence electrons. The summed E-state index contributed by atoms with van der Waals surface area (Å²) < 4.78 is 48.1. The highest BCUT2D eigenvalue weighted by Crippen LogP contribution is 2.35. The molecule has 0 aliphatic carbocycles. The molecule has 0 atom stereocenters. The van der Waals surface area contributed by atoms with E-state index in [1.807, 2.05) is 0 Å². The first-order valence-electron chi connectivity index (χ1n) is 11.2. The van der Waals surface area contributed by atoms with Crippen molar-refractivity contribution in [2.24, 2.45) is 0 Å².